The first kappa shape index (κ1) is 23.0. The molecule has 0 bridgehead atoms. The van der Waals surface area contributed by atoms with Crippen LogP contribution in [0.2, 0.25) is 0 Å². The normalized spacial score (nSPS) is 16.1. The van der Waals surface area contributed by atoms with Gasteiger partial charge in [-0.15, -0.1) is 13.2 Å². The standard InChI is InChI=1S/C20H22F3N3O4S/c21-20(22,23)30-17-5-3-6-18(14-17)31(28,29)26-12-8-15(9-13-26)19(27)25-11-7-16-4-1-2-10-24-16/h1-6,10,14-15H,7-9,11-13H2,(H,25,27). The summed E-state index contributed by atoms with van der Waals surface area (Å²) in [6.45, 7) is 0.635. The van der Waals surface area contributed by atoms with Crippen LogP contribution in [0.3, 0.4) is 0 Å². The SMILES string of the molecule is O=C(NCCc1ccccn1)C1CCN(S(=O)(=O)c2cccc(OC(F)(F)F)c2)CC1. The first-order chi connectivity index (χ1) is 14.6. The van der Waals surface area contributed by atoms with Gasteiger partial charge in [0.2, 0.25) is 15.9 Å². The van der Waals surface area contributed by atoms with Crippen molar-refractivity contribution in [2.24, 2.45) is 5.92 Å². The van der Waals surface area contributed by atoms with E-state index < -0.39 is 22.1 Å². The maximum atomic E-state index is 12.8. The Morgan fingerprint density at radius 2 is 1.90 bits per heavy atom. The summed E-state index contributed by atoms with van der Waals surface area (Å²) in [5.74, 6) is -1.07. The van der Waals surface area contributed by atoms with Gasteiger partial charge in [0.25, 0.3) is 0 Å². The average Bonchev–Trinajstić information content (AvgIpc) is 2.73. The van der Waals surface area contributed by atoms with Crippen LogP contribution in [-0.4, -0.2) is 49.6 Å². The van der Waals surface area contributed by atoms with Crippen molar-refractivity contribution in [2.75, 3.05) is 19.6 Å². The van der Waals surface area contributed by atoms with Crippen LogP contribution in [0.5, 0.6) is 5.75 Å². The minimum atomic E-state index is -4.91. The second-order valence-electron chi connectivity index (χ2n) is 7.06. The summed E-state index contributed by atoms with van der Waals surface area (Å²) in [7, 11) is -4.00. The molecular formula is C20H22F3N3O4S. The van der Waals surface area contributed by atoms with Crippen LogP contribution in [0.15, 0.2) is 53.6 Å². The van der Waals surface area contributed by atoms with Crippen molar-refractivity contribution >= 4 is 15.9 Å². The lowest BCUT2D eigenvalue weighted by Crippen LogP contribution is -2.43. The molecule has 1 aromatic carbocycles. The van der Waals surface area contributed by atoms with Gasteiger partial charge in [-0.2, -0.15) is 4.31 Å². The van der Waals surface area contributed by atoms with E-state index in [9.17, 15) is 26.4 Å². The number of piperidine rings is 1. The molecule has 1 aromatic heterocycles. The molecule has 2 heterocycles. The number of hydrogen-bond donors (Lipinski definition) is 1. The highest BCUT2D eigenvalue weighted by atomic mass is 32.2. The molecule has 0 aliphatic carbocycles. The number of ether oxygens (including phenoxy) is 1. The topological polar surface area (TPSA) is 88.6 Å². The van der Waals surface area contributed by atoms with Crippen molar-refractivity contribution < 1.29 is 31.1 Å². The molecule has 31 heavy (non-hydrogen) atoms. The molecule has 1 fully saturated rings. The highest BCUT2D eigenvalue weighted by Gasteiger charge is 2.34. The van der Waals surface area contributed by atoms with Crippen LogP contribution in [-0.2, 0) is 21.2 Å². The predicted octanol–water partition coefficient (Wildman–Crippen LogP) is 2.74. The number of nitrogens with one attached hydrogen (secondary N) is 1. The van der Waals surface area contributed by atoms with Gasteiger partial charge in [0, 0.05) is 49.9 Å². The van der Waals surface area contributed by atoms with Crippen LogP contribution >= 0.6 is 0 Å². The van der Waals surface area contributed by atoms with Crippen LogP contribution in [0, 0.1) is 5.92 Å². The molecular weight excluding hydrogens is 435 g/mol. The smallest absolute Gasteiger partial charge is 0.406 e. The molecule has 1 N–H and O–H groups in total. The number of halogens is 3. The van der Waals surface area contributed by atoms with E-state index >= 15 is 0 Å². The minimum absolute atomic E-state index is 0.102. The number of carbonyl (C=O) groups excluding carboxylic acids is 1. The minimum Gasteiger partial charge on any atom is -0.406 e. The van der Waals surface area contributed by atoms with Crippen LogP contribution < -0.4 is 10.1 Å². The Hall–Kier alpha value is -2.66. The molecule has 0 atom stereocenters. The second-order valence-corrected chi connectivity index (χ2v) is 9.00. The van der Waals surface area contributed by atoms with Crippen molar-refractivity contribution in [1.29, 1.82) is 0 Å². The number of nitrogens with zero attached hydrogens (tertiary/aromatic N) is 2. The van der Waals surface area contributed by atoms with E-state index in [2.05, 4.69) is 15.0 Å². The van der Waals surface area contributed by atoms with Crippen LogP contribution in [0.4, 0.5) is 13.2 Å². The number of rotatable bonds is 7. The van der Waals surface area contributed by atoms with Gasteiger partial charge in [-0.25, -0.2) is 8.42 Å². The van der Waals surface area contributed by atoms with Gasteiger partial charge in [0.05, 0.1) is 4.90 Å². The number of carbonyl (C=O) groups is 1. The molecule has 1 saturated heterocycles. The molecule has 0 spiro atoms. The van der Waals surface area contributed by atoms with Crippen molar-refractivity contribution in [3.63, 3.8) is 0 Å². The molecule has 7 nitrogen and oxygen atoms in total. The molecule has 11 heteroatoms. The Labute approximate surface area is 178 Å². The molecule has 2 aromatic rings. The third-order valence-electron chi connectivity index (χ3n) is 4.91. The maximum absolute atomic E-state index is 12.8. The summed E-state index contributed by atoms with van der Waals surface area (Å²) in [5, 5.41) is 2.85. The number of aromatic nitrogens is 1. The Morgan fingerprint density at radius 3 is 2.55 bits per heavy atom. The predicted molar refractivity (Wildman–Crippen MR) is 106 cm³/mol. The first-order valence-corrected chi connectivity index (χ1v) is 11.1. The summed E-state index contributed by atoms with van der Waals surface area (Å²) in [4.78, 5) is 16.3. The van der Waals surface area contributed by atoms with E-state index in [1.54, 1.807) is 6.20 Å². The second kappa shape index (κ2) is 9.65. The van der Waals surface area contributed by atoms with Crippen LogP contribution in [0.1, 0.15) is 18.5 Å². The number of benzene rings is 1. The summed E-state index contributed by atoms with van der Waals surface area (Å²) in [6.07, 6.45) is -1.99. The quantitative estimate of drug-likeness (QED) is 0.691. The number of pyridine rings is 1. The lowest BCUT2D eigenvalue weighted by molar-refractivity contribution is -0.274. The third-order valence-corrected chi connectivity index (χ3v) is 6.80. The van der Waals surface area contributed by atoms with Gasteiger partial charge in [0.15, 0.2) is 0 Å². The Kier molecular flexibility index (Phi) is 7.16. The van der Waals surface area contributed by atoms with Gasteiger partial charge < -0.3 is 10.1 Å². The molecule has 1 aliphatic rings. The van der Waals surface area contributed by atoms with E-state index in [0.717, 1.165) is 17.8 Å². The molecule has 3 rings (SSSR count). The van der Waals surface area contributed by atoms with Gasteiger partial charge >= 0.3 is 6.36 Å². The number of sulfonamides is 1. The fourth-order valence-corrected chi connectivity index (χ4v) is 4.85. The average molecular weight is 457 g/mol. The van der Waals surface area contributed by atoms with E-state index in [1.807, 2.05) is 18.2 Å². The zero-order valence-corrected chi connectivity index (χ0v) is 17.3. The monoisotopic (exact) mass is 457 g/mol. The van der Waals surface area contributed by atoms with Gasteiger partial charge in [0.1, 0.15) is 5.75 Å². The number of alkyl halides is 3. The van der Waals surface area contributed by atoms with Gasteiger partial charge in [-0.05, 0) is 37.1 Å². The third kappa shape index (κ3) is 6.41. The zero-order valence-electron chi connectivity index (χ0n) is 16.5. The molecule has 168 valence electrons. The molecule has 0 unspecified atom stereocenters. The highest BCUT2D eigenvalue weighted by Crippen LogP contribution is 2.28. The lowest BCUT2D eigenvalue weighted by atomic mass is 9.97. The van der Waals surface area contributed by atoms with E-state index in [4.69, 9.17) is 0 Å². The number of hydrogen-bond acceptors (Lipinski definition) is 5. The van der Waals surface area contributed by atoms with Crippen LogP contribution in [0.25, 0.3) is 0 Å². The summed E-state index contributed by atoms with van der Waals surface area (Å²) in [5.41, 5.74) is 0.862. The molecule has 0 radical (unpaired) electrons. The van der Waals surface area contributed by atoms with Crippen molar-refractivity contribution in [3.8, 4) is 5.75 Å². The Bertz CT molecular complexity index is 992. The number of amides is 1. The van der Waals surface area contributed by atoms with Crippen molar-refractivity contribution in [2.45, 2.75) is 30.5 Å². The van der Waals surface area contributed by atoms with E-state index in [1.165, 1.54) is 16.4 Å². The maximum Gasteiger partial charge on any atom is 0.573 e. The van der Waals surface area contributed by atoms with Gasteiger partial charge in [-0.3, -0.25) is 9.78 Å². The molecule has 1 aliphatic heterocycles. The Balaban J connectivity index is 1.53. The summed E-state index contributed by atoms with van der Waals surface area (Å²) in [6, 6.07) is 9.83. The van der Waals surface area contributed by atoms with Gasteiger partial charge in [-0.1, -0.05) is 12.1 Å². The fraction of sp³-hybridized carbons (Fsp3) is 0.400. The van der Waals surface area contributed by atoms with Crippen molar-refractivity contribution in [1.82, 2.24) is 14.6 Å². The van der Waals surface area contributed by atoms with E-state index in [-0.39, 0.29) is 29.8 Å². The Morgan fingerprint density at radius 1 is 1.16 bits per heavy atom. The zero-order chi connectivity index (χ0) is 22.5. The summed E-state index contributed by atoms with van der Waals surface area (Å²) >= 11 is 0. The fourth-order valence-electron chi connectivity index (χ4n) is 3.34. The van der Waals surface area contributed by atoms with Crippen molar-refractivity contribution in [3.05, 3.63) is 54.4 Å². The molecule has 1 amide bonds. The first-order valence-electron chi connectivity index (χ1n) is 9.69. The van der Waals surface area contributed by atoms with E-state index in [0.29, 0.717) is 25.8 Å². The highest BCUT2D eigenvalue weighted by molar-refractivity contribution is 7.89. The lowest BCUT2D eigenvalue weighted by Gasteiger charge is -2.30. The largest absolute Gasteiger partial charge is 0.573 e. The summed E-state index contributed by atoms with van der Waals surface area (Å²) < 4.78 is 67.8. The molecule has 0 saturated carbocycles.